The third-order valence-electron chi connectivity index (χ3n) is 4.68. The summed E-state index contributed by atoms with van der Waals surface area (Å²) in [5, 5.41) is 0. The minimum Gasteiger partial charge on any atom is -0.371 e. The molecule has 0 radical (unpaired) electrons. The van der Waals surface area contributed by atoms with E-state index in [1.54, 1.807) is 11.3 Å². The third-order valence-corrected chi connectivity index (χ3v) is 5.47. The zero-order chi connectivity index (χ0) is 17.1. The van der Waals surface area contributed by atoms with E-state index in [2.05, 4.69) is 25.8 Å². The van der Waals surface area contributed by atoms with Gasteiger partial charge in [-0.3, -0.25) is 4.79 Å². The summed E-state index contributed by atoms with van der Waals surface area (Å²) < 4.78 is 7.29. The van der Waals surface area contributed by atoms with Gasteiger partial charge in [-0.05, 0) is 30.5 Å². The number of carbonyl (C=O) groups excluding carboxylic acids is 1. The number of morpholine rings is 1. The van der Waals surface area contributed by atoms with Gasteiger partial charge in [-0.1, -0.05) is 33.6 Å². The molecular formula is C19H26N2O2S. The second-order valence-corrected chi connectivity index (χ2v) is 7.81. The maximum absolute atomic E-state index is 13.0. The molecule has 0 unspecified atom stereocenters. The Kier molecular flexibility index (Phi) is 5.51. The summed E-state index contributed by atoms with van der Waals surface area (Å²) in [6.07, 6.45) is 3.60. The first-order chi connectivity index (χ1) is 11.6. The van der Waals surface area contributed by atoms with Crippen LogP contribution in [-0.4, -0.2) is 41.1 Å². The Morgan fingerprint density at radius 2 is 2.25 bits per heavy atom. The molecule has 130 valence electrons. The number of rotatable bonds is 5. The van der Waals surface area contributed by atoms with E-state index in [1.807, 2.05) is 28.6 Å². The molecule has 0 bridgehead atoms. The number of ether oxygens (including phenoxy) is 1. The van der Waals surface area contributed by atoms with Crippen molar-refractivity contribution in [3.05, 3.63) is 29.3 Å². The molecule has 5 heteroatoms. The molecule has 1 aliphatic heterocycles. The van der Waals surface area contributed by atoms with E-state index in [1.165, 1.54) is 0 Å². The van der Waals surface area contributed by atoms with Crippen LogP contribution in [0.2, 0.25) is 0 Å². The molecule has 3 rings (SSSR count). The van der Waals surface area contributed by atoms with Gasteiger partial charge in [-0.25, -0.2) is 4.98 Å². The van der Waals surface area contributed by atoms with Crippen molar-refractivity contribution in [1.82, 2.24) is 9.88 Å². The van der Waals surface area contributed by atoms with E-state index in [9.17, 15) is 4.79 Å². The average molecular weight is 346 g/mol. The highest BCUT2D eigenvalue weighted by atomic mass is 32.1. The van der Waals surface area contributed by atoms with Crippen LogP contribution in [0.4, 0.5) is 0 Å². The lowest BCUT2D eigenvalue weighted by Crippen LogP contribution is -2.51. The second-order valence-electron chi connectivity index (χ2n) is 6.93. The van der Waals surface area contributed by atoms with Gasteiger partial charge in [0.2, 0.25) is 0 Å². The van der Waals surface area contributed by atoms with Gasteiger partial charge in [-0.15, -0.1) is 11.3 Å². The van der Waals surface area contributed by atoms with Gasteiger partial charge in [0.1, 0.15) is 0 Å². The predicted molar refractivity (Wildman–Crippen MR) is 98.5 cm³/mol. The molecule has 4 nitrogen and oxygen atoms in total. The monoisotopic (exact) mass is 346 g/mol. The number of fused-ring (bicyclic) bond motifs is 1. The molecule has 1 aromatic heterocycles. The van der Waals surface area contributed by atoms with E-state index in [-0.39, 0.29) is 18.1 Å². The van der Waals surface area contributed by atoms with Crippen LogP contribution < -0.4 is 0 Å². The maximum Gasteiger partial charge on any atom is 0.254 e. The largest absolute Gasteiger partial charge is 0.371 e. The number of hydrogen-bond donors (Lipinski definition) is 0. The summed E-state index contributed by atoms with van der Waals surface area (Å²) in [6.45, 7) is 7.90. The lowest BCUT2D eigenvalue weighted by Gasteiger charge is -2.40. The maximum atomic E-state index is 13.0. The molecule has 1 aromatic carbocycles. The van der Waals surface area contributed by atoms with Crippen LogP contribution in [0.1, 0.15) is 50.4 Å². The Morgan fingerprint density at radius 1 is 1.42 bits per heavy atom. The van der Waals surface area contributed by atoms with Crippen molar-refractivity contribution in [1.29, 1.82) is 0 Å². The van der Waals surface area contributed by atoms with E-state index < -0.39 is 0 Å². The first-order valence-corrected chi connectivity index (χ1v) is 9.74. The van der Waals surface area contributed by atoms with Crippen LogP contribution in [0.25, 0.3) is 10.2 Å². The quantitative estimate of drug-likeness (QED) is 0.808. The predicted octanol–water partition coefficient (Wildman–Crippen LogP) is 4.35. The Balaban J connectivity index is 1.78. The number of amides is 1. The van der Waals surface area contributed by atoms with Gasteiger partial charge in [0.05, 0.1) is 27.9 Å². The normalized spacial score (nSPS) is 21.6. The van der Waals surface area contributed by atoms with Gasteiger partial charge in [0.25, 0.3) is 5.91 Å². The van der Waals surface area contributed by atoms with Gasteiger partial charge >= 0.3 is 0 Å². The van der Waals surface area contributed by atoms with E-state index >= 15 is 0 Å². The molecule has 2 aromatic rings. The molecule has 1 amide bonds. The molecule has 1 aliphatic rings. The topological polar surface area (TPSA) is 42.4 Å². The third kappa shape index (κ3) is 3.78. The number of nitrogens with zero attached hydrogens (tertiary/aromatic N) is 2. The van der Waals surface area contributed by atoms with Crippen LogP contribution in [0.15, 0.2) is 23.7 Å². The Labute approximate surface area is 147 Å². The van der Waals surface area contributed by atoms with Crippen molar-refractivity contribution < 1.29 is 9.53 Å². The van der Waals surface area contributed by atoms with Crippen LogP contribution in [0, 0.1) is 5.92 Å². The molecule has 0 spiro atoms. The summed E-state index contributed by atoms with van der Waals surface area (Å²) in [5.74, 6) is 0.523. The second kappa shape index (κ2) is 7.62. The number of benzene rings is 1. The Morgan fingerprint density at radius 3 is 3.00 bits per heavy atom. The molecule has 0 aliphatic carbocycles. The highest BCUT2D eigenvalue weighted by Gasteiger charge is 2.32. The fourth-order valence-electron chi connectivity index (χ4n) is 3.17. The number of unbranched alkanes of at least 4 members (excludes halogenated alkanes) is 1. The highest BCUT2D eigenvalue weighted by molar-refractivity contribution is 7.16. The lowest BCUT2D eigenvalue weighted by molar-refractivity contribution is -0.0962. The van der Waals surface area contributed by atoms with Crippen LogP contribution in [-0.2, 0) is 4.74 Å². The van der Waals surface area contributed by atoms with Crippen LogP contribution >= 0.6 is 11.3 Å². The van der Waals surface area contributed by atoms with Crippen molar-refractivity contribution in [2.45, 2.75) is 52.2 Å². The summed E-state index contributed by atoms with van der Waals surface area (Å²) in [4.78, 5) is 19.3. The summed E-state index contributed by atoms with van der Waals surface area (Å²) >= 11 is 1.58. The average Bonchev–Trinajstić information content (AvgIpc) is 3.06. The van der Waals surface area contributed by atoms with Crippen molar-refractivity contribution in [2.24, 2.45) is 5.92 Å². The fraction of sp³-hybridized carbons (Fsp3) is 0.579. The molecule has 2 atom stereocenters. The van der Waals surface area contributed by atoms with Gasteiger partial charge < -0.3 is 9.64 Å². The zero-order valence-corrected chi connectivity index (χ0v) is 15.5. The summed E-state index contributed by atoms with van der Waals surface area (Å²) in [6, 6.07) is 5.80. The van der Waals surface area contributed by atoms with Gasteiger partial charge in [0.15, 0.2) is 0 Å². The molecule has 1 saturated heterocycles. The molecule has 1 fully saturated rings. The van der Waals surface area contributed by atoms with Gasteiger partial charge in [-0.2, -0.15) is 0 Å². The van der Waals surface area contributed by atoms with Crippen molar-refractivity contribution >= 4 is 27.5 Å². The smallest absolute Gasteiger partial charge is 0.254 e. The highest BCUT2D eigenvalue weighted by Crippen LogP contribution is 2.24. The Hall–Kier alpha value is -1.46. The molecule has 2 heterocycles. The number of hydrogen-bond acceptors (Lipinski definition) is 4. The van der Waals surface area contributed by atoms with E-state index in [0.29, 0.717) is 19.0 Å². The lowest BCUT2D eigenvalue weighted by atomic mass is 10.0. The van der Waals surface area contributed by atoms with Crippen LogP contribution in [0.3, 0.4) is 0 Å². The van der Waals surface area contributed by atoms with E-state index in [0.717, 1.165) is 35.0 Å². The fourth-order valence-corrected chi connectivity index (χ4v) is 3.88. The minimum atomic E-state index is 0.112. The van der Waals surface area contributed by atoms with Crippen molar-refractivity contribution in [2.75, 3.05) is 13.1 Å². The standard InChI is InChI=1S/C19H26N2O2S/c1-4-5-6-15-10-21(11-17(23-15)13(2)3)19(22)14-7-8-16-18(9-14)24-12-20-16/h7-9,12-13,15,17H,4-6,10-11H2,1-3H3/t15-,17-/m1/s1. The molecular weight excluding hydrogens is 320 g/mol. The van der Waals surface area contributed by atoms with E-state index in [4.69, 9.17) is 4.74 Å². The summed E-state index contributed by atoms with van der Waals surface area (Å²) in [7, 11) is 0. The molecule has 0 saturated carbocycles. The molecule has 0 N–H and O–H groups in total. The van der Waals surface area contributed by atoms with Gasteiger partial charge in [0, 0.05) is 18.7 Å². The van der Waals surface area contributed by atoms with Crippen molar-refractivity contribution in [3.63, 3.8) is 0 Å². The minimum absolute atomic E-state index is 0.112. The first-order valence-electron chi connectivity index (χ1n) is 8.86. The van der Waals surface area contributed by atoms with Crippen LogP contribution in [0.5, 0.6) is 0 Å². The van der Waals surface area contributed by atoms with Crippen molar-refractivity contribution in [3.8, 4) is 0 Å². The first kappa shape index (κ1) is 17.4. The zero-order valence-electron chi connectivity index (χ0n) is 14.7. The molecule has 24 heavy (non-hydrogen) atoms. The SMILES string of the molecule is CCCC[C@@H]1CN(C(=O)c2ccc3ncsc3c2)C[C@H](C(C)C)O1. The summed E-state index contributed by atoms with van der Waals surface area (Å²) in [5.41, 5.74) is 3.54. The number of aromatic nitrogens is 1. The Bertz CT molecular complexity index is 697. The number of carbonyl (C=O) groups is 1. The number of thiazole rings is 1.